The number of benzene rings is 3. The first-order chi connectivity index (χ1) is 15.8. The van der Waals surface area contributed by atoms with Gasteiger partial charge in [-0.1, -0.05) is 78.9 Å². The van der Waals surface area contributed by atoms with Crippen molar-refractivity contribution in [2.24, 2.45) is 0 Å². The summed E-state index contributed by atoms with van der Waals surface area (Å²) < 4.78 is 30.4. The molecule has 3 aromatic rings. The highest BCUT2D eigenvalue weighted by Gasteiger charge is 2.51. The van der Waals surface area contributed by atoms with Crippen LogP contribution in [0.15, 0.2) is 91.0 Å². The highest BCUT2D eigenvalue weighted by Crippen LogP contribution is 2.36. The number of hydrogen-bond acceptors (Lipinski definition) is 6. The standard InChI is InChI=1S/C26H26O6/c27-22-24(30-20-14-8-3-9-15-20)23-21(17-29-25(32-23)19-12-6-2-7-13-19)31-26(22)28-16-18-10-4-1-5-11-18/h1-15,21-27H,16-17H2/t21?,22?,23-,24?,25?,26+/m1/s1. The van der Waals surface area contributed by atoms with Crippen LogP contribution in [0.4, 0.5) is 0 Å². The topological polar surface area (TPSA) is 66.4 Å². The summed E-state index contributed by atoms with van der Waals surface area (Å²) >= 11 is 0. The third kappa shape index (κ3) is 4.70. The van der Waals surface area contributed by atoms with Crippen molar-refractivity contribution in [1.82, 2.24) is 0 Å². The maximum atomic E-state index is 11.2. The maximum absolute atomic E-state index is 11.2. The average molecular weight is 434 g/mol. The first-order valence-corrected chi connectivity index (χ1v) is 10.8. The Morgan fingerprint density at radius 1 is 0.812 bits per heavy atom. The number of hydrogen-bond donors (Lipinski definition) is 1. The summed E-state index contributed by atoms with van der Waals surface area (Å²) in [6.07, 6.45) is -4.13. The predicted molar refractivity (Wildman–Crippen MR) is 117 cm³/mol. The molecule has 4 unspecified atom stereocenters. The summed E-state index contributed by atoms with van der Waals surface area (Å²) in [6.45, 7) is 0.614. The van der Waals surface area contributed by atoms with Crippen LogP contribution in [0.25, 0.3) is 0 Å². The third-order valence-electron chi connectivity index (χ3n) is 5.65. The molecule has 0 radical (unpaired) electrons. The van der Waals surface area contributed by atoms with Crippen molar-refractivity contribution >= 4 is 0 Å². The molecule has 0 aromatic heterocycles. The Morgan fingerprint density at radius 2 is 1.47 bits per heavy atom. The van der Waals surface area contributed by atoms with E-state index in [1.807, 2.05) is 91.0 Å². The summed E-state index contributed by atoms with van der Waals surface area (Å²) in [6, 6.07) is 28.9. The van der Waals surface area contributed by atoms with Crippen LogP contribution >= 0.6 is 0 Å². The molecule has 3 aromatic carbocycles. The van der Waals surface area contributed by atoms with Crippen LogP contribution in [-0.2, 0) is 25.6 Å². The fraction of sp³-hybridized carbons (Fsp3) is 0.308. The van der Waals surface area contributed by atoms with Crippen LogP contribution in [-0.4, -0.2) is 42.4 Å². The van der Waals surface area contributed by atoms with Gasteiger partial charge in [-0.15, -0.1) is 0 Å². The molecule has 2 fully saturated rings. The zero-order valence-electron chi connectivity index (χ0n) is 17.5. The molecule has 2 aliphatic heterocycles. The van der Waals surface area contributed by atoms with E-state index in [0.717, 1.165) is 11.1 Å². The minimum Gasteiger partial charge on any atom is -0.485 e. The molecule has 2 heterocycles. The van der Waals surface area contributed by atoms with Gasteiger partial charge in [0, 0.05) is 5.56 Å². The first kappa shape index (κ1) is 21.1. The van der Waals surface area contributed by atoms with E-state index in [0.29, 0.717) is 19.0 Å². The van der Waals surface area contributed by atoms with Gasteiger partial charge < -0.3 is 28.8 Å². The second-order valence-corrected chi connectivity index (χ2v) is 7.90. The van der Waals surface area contributed by atoms with E-state index in [9.17, 15) is 5.11 Å². The molecule has 6 nitrogen and oxygen atoms in total. The second kappa shape index (κ2) is 9.81. The van der Waals surface area contributed by atoms with Crippen LogP contribution in [0.5, 0.6) is 5.75 Å². The van der Waals surface area contributed by atoms with Crippen LogP contribution in [0.2, 0.25) is 0 Å². The molecule has 2 saturated heterocycles. The van der Waals surface area contributed by atoms with E-state index in [1.54, 1.807) is 0 Å². The molecule has 6 atom stereocenters. The van der Waals surface area contributed by atoms with Crippen molar-refractivity contribution in [3.05, 3.63) is 102 Å². The highest BCUT2D eigenvalue weighted by molar-refractivity contribution is 5.22. The molecular formula is C26H26O6. The highest BCUT2D eigenvalue weighted by atomic mass is 16.8. The van der Waals surface area contributed by atoms with E-state index in [2.05, 4.69) is 0 Å². The lowest BCUT2D eigenvalue weighted by Gasteiger charge is -2.47. The molecule has 166 valence electrons. The lowest BCUT2D eigenvalue weighted by molar-refractivity contribution is -0.359. The number of ether oxygens (including phenoxy) is 5. The van der Waals surface area contributed by atoms with E-state index < -0.39 is 37.0 Å². The summed E-state index contributed by atoms with van der Waals surface area (Å²) in [5, 5.41) is 11.2. The van der Waals surface area contributed by atoms with Gasteiger partial charge in [-0.25, -0.2) is 0 Å². The second-order valence-electron chi connectivity index (χ2n) is 7.90. The smallest absolute Gasteiger partial charge is 0.188 e. The molecule has 32 heavy (non-hydrogen) atoms. The maximum Gasteiger partial charge on any atom is 0.188 e. The van der Waals surface area contributed by atoms with Crippen LogP contribution in [0.3, 0.4) is 0 Å². The van der Waals surface area contributed by atoms with Crippen molar-refractivity contribution in [2.75, 3.05) is 6.61 Å². The molecule has 5 rings (SSSR count). The third-order valence-corrected chi connectivity index (χ3v) is 5.65. The molecular weight excluding hydrogens is 408 g/mol. The molecule has 0 bridgehead atoms. The number of aliphatic hydroxyl groups is 1. The van der Waals surface area contributed by atoms with Crippen molar-refractivity contribution < 1.29 is 28.8 Å². The van der Waals surface area contributed by atoms with Crippen molar-refractivity contribution in [3.8, 4) is 5.75 Å². The number of rotatable bonds is 6. The monoisotopic (exact) mass is 434 g/mol. The van der Waals surface area contributed by atoms with E-state index in [1.165, 1.54) is 0 Å². The summed E-state index contributed by atoms with van der Waals surface area (Å²) in [5.41, 5.74) is 1.90. The lowest BCUT2D eigenvalue weighted by atomic mass is 9.97. The minimum absolute atomic E-state index is 0.302. The van der Waals surface area contributed by atoms with Gasteiger partial charge in [0.15, 0.2) is 18.7 Å². The first-order valence-electron chi connectivity index (χ1n) is 10.8. The van der Waals surface area contributed by atoms with E-state index >= 15 is 0 Å². The molecule has 0 amide bonds. The lowest BCUT2D eigenvalue weighted by Crippen LogP contribution is -2.64. The van der Waals surface area contributed by atoms with Gasteiger partial charge in [0.2, 0.25) is 0 Å². The number of aliphatic hydroxyl groups excluding tert-OH is 1. The van der Waals surface area contributed by atoms with Crippen LogP contribution in [0.1, 0.15) is 17.4 Å². The van der Waals surface area contributed by atoms with Gasteiger partial charge in [0.05, 0.1) is 13.2 Å². The Kier molecular flexibility index (Phi) is 6.48. The summed E-state index contributed by atoms with van der Waals surface area (Å²) in [7, 11) is 0. The Balaban J connectivity index is 1.35. The summed E-state index contributed by atoms with van der Waals surface area (Å²) in [5.74, 6) is 0.644. The van der Waals surface area contributed by atoms with Crippen molar-refractivity contribution in [3.63, 3.8) is 0 Å². The molecule has 0 aliphatic carbocycles. The fourth-order valence-electron chi connectivity index (χ4n) is 4.02. The SMILES string of the molecule is OC1C(Oc2ccccc2)[C@@H]2OC(c3ccccc3)OCC2O[C@@H]1OCc1ccccc1. The molecule has 1 N–H and O–H groups in total. The molecule has 0 spiro atoms. The Bertz CT molecular complexity index is 967. The van der Waals surface area contributed by atoms with Gasteiger partial charge in [-0.05, 0) is 17.7 Å². The Morgan fingerprint density at radius 3 is 2.19 bits per heavy atom. The van der Waals surface area contributed by atoms with E-state index in [4.69, 9.17) is 23.7 Å². The quantitative estimate of drug-likeness (QED) is 0.636. The number of fused-ring (bicyclic) bond motifs is 1. The predicted octanol–water partition coefficient (Wildman–Crippen LogP) is 3.85. The van der Waals surface area contributed by atoms with E-state index in [-0.39, 0.29) is 0 Å². The molecule has 6 heteroatoms. The van der Waals surface area contributed by atoms with Crippen LogP contribution < -0.4 is 4.74 Å². The molecule has 0 saturated carbocycles. The van der Waals surface area contributed by atoms with Gasteiger partial charge in [0.1, 0.15) is 24.1 Å². The summed E-state index contributed by atoms with van der Waals surface area (Å²) in [4.78, 5) is 0. The minimum atomic E-state index is -1.05. The van der Waals surface area contributed by atoms with Crippen molar-refractivity contribution in [1.29, 1.82) is 0 Å². The van der Waals surface area contributed by atoms with Gasteiger partial charge >= 0.3 is 0 Å². The largest absolute Gasteiger partial charge is 0.485 e. The fourth-order valence-corrected chi connectivity index (χ4v) is 4.02. The zero-order chi connectivity index (χ0) is 21.8. The Labute approximate surface area is 187 Å². The van der Waals surface area contributed by atoms with Gasteiger partial charge in [0.25, 0.3) is 0 Å². The van der Waals surface area contributed by atoms with Crippen molar-refractivity contribution in [2.45, 2.75) is 43.6 Å². The molecule has 2 aliphatic rings. The van der Waals surface area contributed by atoms with Crippen LogP contribution in [0, 0.1) is 0 Å². The Hall–Kier alpha value is -2.74. The average Bonchev–Trinajstić information content (AvgIpc) is 2.86. The van der Waals surface area contributed by atoms with Gasteiger partial charge in [-0.3, -0.25) is 0 Å². The van der Waals surface area contributed by atoms with Gasteiger partial charge in [-0.2, -0.15) is 0 Å². The zero-order valence-corrected chi connectivity index (χ0v) is 17.5. The normalized spacial score (nSPS) is 29.8. The number of para-hydroxylation sites is 1.